The Morgan fingerprint density at radius 1 is 1.42 bits per heavy atom. The van der Waals surface area contributed by atoms with Crippen molar-refractivity contribution in [2.45, 2.75) is 52.1 Å². The van der Waals surface area contributed by atoms with Gasteiger partial charge in [0.1, 0.15) is 0 Å². The van der Waals surface area contributed by atoms with Crippen LogP contribution in [0.5, 0.6) is 0 Å². The van der Waals surface area contributed by atoms with Gasteiger partial charge in [0.25, 0.3) is 0 Å². The van der Waals surface area contributed by atoms with Crippen molar-refractivity contribution in [3.05, 3.63) is 47.1 Å². The number of carbonyl (C=O) groups excluding carboxylic acids is 1. The molecule has 1 N–H and O–H groups in total. The zero-order valence-electron chi connectivity index (χ0n) is 14.5. The number of nitrogens with zero attached hydrogens (tertiary/aromatic N) is 3. The molecule has 0 radical (unpaired) electrons. The molecule has 3 rings (SSSR count). The van der Waals surface area contributed by atoms with Gasteiger partial charge in [-0.15, -0.1) is 0 Å². The molecule has 0 saturated carbocycles. The summed E-state index contributed by atoms with van der Waals surface area (Å²) in [6, 6.07) is 8.37. The third kappa shape index (κ3) is 3.27. The molecule has 6 nitrogen and oxygen atoms in total. The van der Waals surface area contributed by atoms with Crippen molar-refractivity contribution in [3.8, 4) is 0 Å². The summed E-state index contributed by atoms with van der Waals surface area (Å²) in [7, 11) is 0. The molecule has 1 atom stereocenters. The van der Waals surface area contributed by atoms with Crippen molar-refractivity contribution in [1.29, 1.82) is 0 Å². The second-order valence-electron chi connectivity index (χ2n) is 6.43. The second kappa shape index (κ2) is 7.03. The second-order valence-corrected chi connectivity index (χ2v) is 6.43. The standard InChI is InChI=1S/C18H24N4O2/c1-4-15-14-8-6-5-7-13(14)11-22(15)18(23)19-10-9-16-20-17(12(2)3)21-24-16/h5-8,12,15H,4,9-11H2,1-3H3,(H,19,23). The van der Waals surface area contributed by atoms with Crippen LogP contribution in [0.1, 0.15) is 62.0 Å². The van der Waals surface area contributed by atoms with Crippen LogP contribution < -0.4 is 5.32 Å². The first-order chi connectivity index (χ1) is 11.6. The summed E-state index contributed by atoms with van der Waals surface area (Å²) < 4.78 is 5.20. The Bertz CT molecular complexity index is 711. The van der Waals surface area contributed by atoms with Crippen LogP contribution in [0.3, 0.4) is 0 Å². The predicted octanol–water partition coefficient (Wildman–Crippen LogP) is 3.41. The van der Waals surface area contributed by atoms with E-state index in [0.717, 1.165) is 6.42 Å². The lowest BCUT2D eigenvalue weighted by atomic mass is 10.0. The highest BCUT2D eigenvalue weighted by atomic mass is 16.5. The first-order valence-electron chi connectivity index (χ1n) is 8.55. The molecule has 0 fully saturated rings. The van der Waals surface area contributed by atoms with Gasteiger partial charge in [-0.3, -0.25) is 0 Å². The first kappa shape index (κ1) is 16.5. The number of hydrogen-bond donors (Lipinski definition) is 1. The molecule has 1 aliphatic heterocycles. The van der Waals surface area contributed by atoms with Gasteiger partial charge in [0.2, 0.25) is 5.89 Å². The molecule has 2 amide bonds. The Balaban J connectivity index is 1.55. The predicted molar refractivity (Wildman–Crippen MR) is 90.5 cm³/mol. The van der Waals surface area contributed by atoms with Crippen LogP contribution in [0.4, 0.5) is 4.79 Å². The third-order valence-corrected chi connectivity index (χ3v) is 4.39. The number of benzene rings is 1. The number of fused-ring (bicyclic) bond motifs is 1. The van der Waals surface area contributed by atoms with Crippen molar-refractivity contribution in [2.75, 3.05) is 6.54 Å². The summed E-state index contributed by atoms with van der Waals surface area (Å²) in [6.07, 6.45) is 1.45. The van der Waals surface area contributed by atoms with Gasteiger partial charge in [0, 0.05) is 25.4 Å². The van der Waals surface area contributed by atoms with E-state index >= 15 is 0 Å². The number of nitrogens with one attached hydrogen (secondary N) is 1. The highest BCUT2D eigenvalue weighted by Gasteiger charge is 2.31. The number of rotatable bonds is 5. The van der Waals surface area contributed by atoms with Crippen molar-refractivity contribution >= 4 is 6.03 Å². The molecule has 6 heteroatoms. The lowest BCUT2D eigenvalue weighted by Crippen LogP contribution is -2.39. The molecule has 0 spiro atoms. The number of urea groups is 1. The molecule has 1 aromatic heterocycles. The van der Waals surface area contributed by atoms with Crippen molar-refractivity contribution in [2.24, 2.45) is 0 Å². The van der Waals surface area contributed by atoms with Gasteiger partial charge in [-0.05, 0) is 17.5 Å². The topological polar surface area (TPSA) is 71.3 Å². The fourth-order valence-corrected chi connectivity index (χ4v) is 3.10. The van der Waals surface area contributed by atoms with Crippen molar-refractivity contribution in [3.63, 3.8) is 0 Å². The summed E-state index contributed by atoms with van der Waals surface area (Å²) in [5.41, 5.74) is 2.49. The van der Waals surface area contributed by atoms with Crippen LogP contribution >= 0.6 is 0 Å². The van der Waals surface area contributed by atoms with Crippen LogP contribution in [-0.4, -0.2) is 27.6 Å². The van der Waals surface area contributed by atoms with Crippen LogP contribution in [0.2, 0.25) is 0 Å². The maximum atomic E-state index is 12.5. The van der Waals surface area contributed by atoms with Gasteiger partial charge >= 0.3 is 6.03 Å². The van der Waals surface area contributed by atoms with E-state index in [1.165, 1.54) is 11.1 Å². The van der Waals surface area contributed by atoms with Gasteiger partial charge in [-0.1, -0.05) is 50.2 Å². The Morgan fingerprint density at radius 2 is 2.21 bits per heavy atom. The smallest absolute Gasteiger partial charge is 0.318 e. The quantitative estimate of drug-likeness (QED) is 0.913. The summed E-state index contributed by atoms with van der Waals surface area (Å²) in [5, 5.41) is 6.90. The van der Waals surface area contributed by atoms with E-state index in [1.54, 1.807) is 0 Å². The number of amides is 2. The number of aromatic nitrogens is 2. The fraction of sp³-hybridized carbons (Fsp3) is 0.500. The lowest BCUT2D eigenvalue weighted by Gasteiger charge is -2.24. The molecular formula is C18H24N4O2. The monoisotopic (exact) mass is 328 g/mol. The van der Waals surface area contributed by atoms with E-state index in [9.17, 15) is 4.79 Å². The SMILES string of the molecule is CCC1c2ccccc2CN1C(=O)NCCc1nc(C(C)C)no1. The maximum absolute atomic E-state index is 12.5. The van der Waals surface area contributed by atoms with E-state index in [-0.39, 0.29) is 18.0 Å². The van der Waals surface area contributed by atoms with Crippen LogP contribution in [0.25, 0.3) is 0 Å². The van der Waals surface area contributed by atoms with E-state index < -0.39 is 0 Å². The minimum atomic E-state index is -0.0401. The summed E-state index contributed by atoms with van der Waals surface area (Å²) >= 11 is 0. The Kier molecular flexibility index (Phi) is 4.83. The van der Waals surface area contributed by atoms with Gasteiger partial charge in [-0.25, -0.2) is 4.79 Å². The Labute approximate surface area is 142 Å². The third-order valence-electron chi connectivity index (χ3n) is 4.39. The molecule has 24 heavy (non-hydrogen) atoms. The van der Waals surface area contributed by atoms with E-state index in [1.807, 2.05) is 30.9 Å². The van der Waals surface area contributed by atoms with Crippen molar-refractivity contribution in [1.82, 2.24) is 20.4 Å². The minimum Gasteiger partial charge on any atom is -0.339 e. The highest BCUT2D eigenvalue weighted by molar-refractivity contribution is 5.75. The van der Waals surface area contributed by atoms with E-state index in [0.29, 0.717) is 31.2 Å². The van der Waals surface area contributed by atoms with Gasteiger partial charge in [0.05, 0.1) is 6.04 Å². The Morgan fingerprint density at radius 3 is 2.92 bits per heavy atom. The molecule has 2 aromatic rings. The molecule has 1 aliphatic rings. The molecule has 0 saturated heterocycles. The first-order valence-corrected chi connectivity index (χ1v) is 8.55. The molecule has 2 heterocycles. The Hall–Kier alpha value is -2.37. The highest BCUT2D eigenvalue weighted by Crippen LogP contribution is 2.35. The van der Waals surface area contributed by atoms with E-state index in [4.69, 9.17) is 4.52 Å². The van der Waals surface area contributed by atoms with Crippen LogP contribution in [0.15, 0.2) is 28.8 Å². The van der Waals surface area contributed by atoms with E-state index in [2.05, 4.69) is 34.5 Å². The molecular weight excluding hydrogens is 304 g/mol. The average Bonchev–Trinajstić information content (AvgIpc) is 3.19. The summed E-state index contributed by atoms with van der Waals surface area (Å²) in [5.74, 6) is 1.51. The fourth-order valence-electron chi connectivity index (χ4n) is 3.10. The number of hydrogen-bond acceptors (Lipinski definition) is 4. The van der Waals surface area contributed by atoms with Crippen LogP contribution in [-0.2, 0) is 13.0 Å². The molecule has 1 aromatic carbocycles. The van der Waals surface area contributed by atoms with Crippen molar-refractivity contribution < 1.29 is 9.32 Å². The van der Waals surface area contributed by atoms with Gasteiger partial charge < -0.3 is 14.7 Å². The van der Waals surface area contributed by atoms with Gasteiger partial charge in [0.15, 0.2) is 5.82 Å². The van der Waals surface area contributed by atoms with Gasteiger partial charge in [-0.2, -0.15) is 4.98 Å². The summed E-state index contributed by atoms with van der Waals surface area (Å²) in [6.45, 7) is 7.30. The molecule has 0 aliphatic carbocycles. The zero-order valence-corrected chi connectivity index (χ0v) is 14.5. The normalized spacial score (nSPS) is 16.5. The largest absolute Gasteiger partial charge is 0.339 e. The molecule has 1 unspecified atom stereocenters. The molecule has 128 valence electrons. The summed E-state index contributed by atoms with van der Waals surface area (Å²) in [4.78, 5) is 18.8. The average molecular weight is 328 g/mol. The van der Waals surface area contributed by atoms with Crippen LogP contribution in [0, 0.1) is 0 Å². The zero-order chi connectivity index (χ0) is 17.1. The number of carbonyl (C=O) groups is 1. The lowest BCUT2D eigenvalue weighted by molar-refractivity contribution is 0.178. The maximum Gasteiger partial charge on any atom is 0.318 e. The molecule has 0 bridgehead atoms. The minimum absolute atomic E-state index is 0.0401.